The van der Waals surface area contributed by atoms with Crippen LogP contribution in [0.15, 0.2) is 0 Å². The molecule has 0 aromatic carbocycles. The van der Waals surface area contributed by atoms with Gasteiger partial charge in [-0.15, -0.1) is 0 Å². The van der Waals surface area contributed by atoms with Crippen LogP contribution in [0.5, 0.6) is 0 Å². The summed E-state index contributed by atoms with van der Waals surface area (Å²) in [5.41, 5.74) is 0. The molecule has 3 heteroatoms. The third-order valence-corrected chi connectivity index (χ3v) is 4.27. The first-order chi connectivity index (χ1) is 11.2. The van der Waals surface area contributed by atoms with Crippen LogP contribution in [0.2, 0.25) is 0 Å². The summed E-state index contributed by atoms with van der Waals surface area (Å²) in [4.78, 5) is 22.5. The number of hydrogen-bond donors (Lipinski definition) is 1. The van der Waals surface area contributed by atoms with E-state index in [-0.39, 0.29) is 24.7 Å². The molecule has 23 heavy (non-hydrogen) atoms. The molecule has 0 aliphatic carbocycles. The molecule has 0 atom stereocenters. The molecule has 0 saturated carbocycles. The SMILES string of the molecule is [CH2]CC(=O)CNC(=O)CCCCCCCCCCCCCCC. The van der Waals surface area contributed by atoms with Gasteiger partial charge in [0.15, 0.2) is 5.78 Å². The molecular weight excluding hydrogens is 286 g/mol. The summed E-state index contributed by atoms with van der Waals surface area (Å²) in [5.74, 6) is -0.0152. The Morgan fingerprint density at radius 2 is 1.17 bits per heavy atom. The summed E-state index contributed by atoms with van der Waals surface area (Å²) in [7, 11) is 0. The normalized spacial score (nSPS) is 10.7. The molecule has 0 aromatic rings. The lowest BCUT2D eigenvalue weighted by molar-refractivity contribution is -0.125. The number of carbonyl (C=O) groups is 2. The minimum absolute atomic E-state index is 0.00475. The molecule has 1 radical (unpaired) electrons. The molecule has 0 fully saturated rings. The van der Waals surface area contributed by atoms with Gasteiger partial charge in [0.25, 0.3) is 0 Å². The second-order valence-electron chi connectivity index (χ2n) is 6.56. The van der Waals surface area contributed by atoms with Gasteiger partial charge in [-0.05, 0) is 13.3 Å². The Hall–Kier alpha value is -0.860. The lowest BCUT2D eigenvalue weighted by Crippen LogP contribution is -2.28. The van der Waals surface area contributed by atoms with Gasteiger partial charge in [0, 0.05) is 12.8 Å². The average molecular weight is 325 g/mol. The first-order valence-electron chi connectivity index (χ1n) is 9.78. The first-order valence-corrected chi connectivity index (χ1v) is 9.78. The van der Waals surface area contributed by atoms with E-state index < -0.39 is 0 Å². The largest absolute Gasteiger partial charge is 0.349 e. The van der Waals surface area contributed by atoms with Gasteiger partial charge >= 0.3 is 0 Å². The molecule has 3 nitrogen and oxygen atoms in total. The van der Waals surface area contributed by atoms with Crippen molar-refractivity contribution in [3.63, 3.8) is 0 Å². The minimum atomic E-state index is -0.0105. The highest BCUT2D eigenvalue weighted by Gasteiger charge is 2.03. The zero-order valence-corrected chi connectivity index (χ0v) is 15.3. The number of carbonyl (C=O) groups excluding carboxylic acids is 2. The number of hydrogen-bond acceptors (Lipinski definition) is 2. The van der Waals surface area contributed by atoms with E-state index in [0.29, 0.717) is 6.42 Å². The minimum Gasteiger partial charge on any atom is -0.349 e. The predicted molar refractivity (Wildman–Crippen MR) is 98.3 cm³/mol. The summed E-state index contributed by atoms with van der Waals surface area (Å²) >= 11 is 0. The number of unbranched alkanes of at least 4 members (excludes halogenated alkanes) is 12. The van der Waals surface area contributed by atoms with E-state index >= 15 is 0 Å². The number of rotatable bonds is 17. The Morgan fingerprint density at radius 1 is 0.739 bits per heavy atom. The predicted octanol–water partition coefficient (Wildman–Crippen LogP) is 5.38. The van der Waals surface area contributed by atoms with Gasteiger partial charge in [-0.25, -0.2) is 0 Å². The summed E-state index contributed by atoms with van der Waals surface area (Å²) in [5, 5.41) is 2.65. The van der Waals surface area contributed by atoms with Gasteiger partial charge in [0.05, 0.1) is 6.54 Å². The van der Waals surface area contributed by atoms with E-state index in [1.807, 2.05) is 0 Å². The fourth-order valence-electron chi connectivity index (χ4n) is 2.68. The van der Waals surface area contributed by atoms with Crippen LogP contribution < -0.4 is 5.32 Å². The molecule has 0 unspecified atom stereocenters. The quantitative estimate of drug-likeness (QED) is 0.365. The third-order valence-electron chi connectivity index (χ3n) is 4.27. The third kappa shape index (κ3) is 17.3. The second-order valence-corrected chi connectivity index (χ2v) is 6.56. The van der Waals surface area contributed by atoms with Crippen LogP contribution in [0.3, 0.4) is 0 Å². The Bertz CT molecular complexity index is 289. The molecule has 0 bridgehead atoms. The zero-order chi connectivity index (χ0) is 17.2. The van der Waals surface area contributed by atoms with Gasteiger partial charge in [0.2, 0.25) is 5.91 Å². The second kappa shape index (κ2) is 17.5. The molecule has 0 spiro atoms. The fourth-order valence-corrected chi connectivity index (χ4v) is 2.68. The van der Waals surface area contributed by atoms with Crippen molar-refractivity contribution in [2.45, 2.75) is 103 Å². The lowest BCUT2D eigenvalue weighted by atomic mass is 10.0. The van der Waals surface area contributed by atoms with Crippen LogP contribution in [-0.2, 0) is 9.59 Å². The average Bonchev–Trinajstić information content (AvgIpc) is 2.56. The smallest absolute Gasteiger partial charge is 0.220 e. The maximum atomic E-state index is 11.5. The Balaban J connectivity index is 3.15. The van der Waals surface area contributed by atoms with Crippen LogP contribution in [-0.4, -0.2) is 18.2 Å². The van der Waals surface area contributed by atoms with Gasteiger partial charge in [-0.2, -0.15) is 0 Å². The van der Waals surface area contributed by atoms with Crippen LogP contribution in [0, 0.1) is 6.92 Å². The monoisotopic (exact) mass is 324 g/mol. The molecule has 0 heterocycles. The topological polar surface area (TPSA) is 46.2 Å². The van der Waals surface area contributed by atoms with Crippen LogP contribution >= 0.6 is 0 Å². The Kier molecular flexibility index (Phi) is 16.8. The molecule has 1 amide bonds. The van der Waals surface area contributed by atoms with Crippen molar-refractivity contribution >= 4 is 11.7 Å². The zero-order valence-electron chi connectivity index (χ0n) is 15.3. The van der Waals surface area contributed by atoms with Crippen LogP contribution in [0.25, 0.3) is 0 Å². The van der Waals surface area contributed by atoms with E-state index in [9.17, 15) is 9.59 Å². The maximum Gasteiger partial charge on any atom is 0.220 e. The van der Waals surface area contributed by atoms with Crippen LogP contribution in [0.4, 0.5) is 0 Å². The van der Waals surface area contributed by atoms with Gasteiger partial charge in [0.1, 0.15) is 0 Å². The van der Waals surface area contributed by atoms with E-state index in [1.54, 1.807) is 0 Å². The Morgan fingerprint density at radius 3 is 1.61 bits per heavy atom. The van der Waals surface area contributed by atoms with E-state index in [4.69, 9.17) is 0 Å². The number of nitrogens with one attached hydrogen (secondary N) is 1. The lowest BCUT2D eigenvalue weighted by Gasteiger charge is -2.04. The number of amides is 1. The summed E-state index contributed by atoms with van der Waals surface area (Å²) in [6.07, 6.45) is 17.8. The molecule has 1 N–H and O–H groups in total. The number of Topliss-reactive ketones (excluding diaryl/α,β-unsaturated/α-hetero) is 1. The highest BCUT2D eigenvalue weighted by atomic mass is 16.2. The summed E-state index contributed by atoms with van der Waals surface area (Å²) in [6, 6.07) is 0. The van der Waals surface area contributed by atoms with Crippen molar-refractivity contribution in [3.8, 4) is 0 Å². The Labute approximate surface area is 144 Å². The van der Waals surface area contributed by atoms with Gasteiger partial charge in [-0.1, -0.05) is 84.0 Å². The summed E-state index contributed by atoms with van der Waals surface area (Å²) < 4.78 is 0. The van der Waals surface area contributed by atoms with Gasteiger partial charge in [-0.3, -0.25) is 9.59 Å². The van der Waals surface area contributed by atoms with Crippen molar-refractivity contribution in [1.29, 1.82) is 0 Å². The first kappa shape index (κ1) is 22.1. The van der Waals surface area contributed by atoms with E-state index in [2.05, 4.69) is 19.2 Å². The summed E-state index contributed by atoms with van der Waals surface area (Å²) in [6.45, 7) is 5.90. The molecule has 0 aromatic heterocycles. The number of ketones is 1. The fraction of sp³-hybridized carbons (Fsp3) is 0.850. The van der Waals surface area contributed by atoms with E-state index in [1.165, 1.54) is 70.6 Å². The standard InChI is InChI=1S/C20H38NO2/c1-3-5-6-7-8-9-10-11-12-13-14-15-16-17-20(23)21-18-19(22)4-2/h2-18H2,1H3,(H,21,23). The van der Waals surface area contributed by atoms with Crippen molar-refractivity contribution < 1.29 is 9.59 Å². The van der Waals surface area contributed by atoms with Crippen molar-refractivity contribution in [2.75, 3.05) is 6.54 Å². The molecule has 135 valence electrons. The molecule has 0 aliphatic heterocycles. The highest BCUT2D eigenvalue weighted by molar-refractivity contribution is 5.86. The molecule has 0 aliphatic rings. The van der Waals surface area contributed by atoms with Gasteiger partial charge < -0.3 is 5.32 Å². The molecule has 0 saturated heterocycles. The molecule has 0 rings (SSSR count). The molecular formula is C20H38NO2. The highest BCUT2D eigenvalue weighted by Crippen LogP contribution is 2.12. The van der Waals surface area contributed by atoms with Crippen LogP contribution in [0.1, 0.15) is 103 Å². The van der Waals surface area contributed by atoms with E-state index in [0.717, 1.165) is 12.8 Å². The van der Waals surface area contributed by atoms with Crippen molar-refractivity contribution in [2.24, 2.45) is 0 Å². The van der Waals surface area contributed by atoms with Crippen molar-refractivity contribution in [3.05, 3.63) is 6.92 Å². The van der Waals surface area contributed by atoms with Crippen molar-refractivity contribution in [1.82, 2.24) is 5.32 Å². The maximum absolute atomic E-state index is 11.5.